The Bertz CT molecular complexity index is 1190. The summed E-state index contributed by atoms with van der Waals surface area (Å²) in [5.41, 5.74) is 3.30. The second-order valence-electron chi connectivity index (χ2n) is 7.85. The summed E-state index contributed by atoms with van der Waals surface area (Å²) in [6, 6.07) is 9.55. The number of fused-ring (bicyclic) bond motifs is 1. The summed E-state index contributed by atoms with van der Waals surface area (Å²) >= 11 is 0. The van der Waals surface area contributed by atoms with Gasteiger partial charge in [0.15, 0.2) is 9.84 Å². The fourth-order valence-electron chi connectivity index (χ4n) is 4.05. The van der Waals surface area contributed by atoms with Crippen LogP contribution in [0.2, 0.25) is 0 Å². The average Bonchev–Trinajstić information content (AvgIpc) is 3.00. The van der Waals surface area contributed by atoms with Crippen LogP contribution in [0.1, 0.15) is 45.5 Å². The highest BCUT2D eigenvalue weighted by molar-refractivity contribution is 7.90. The topological polar surface area (TPSA) is 101 Å². The molecule has 0 spiro atoms. The van der Waals surface area contributed by atoms with E-state index >= 15 is 0 Å². The zero-order valence-corrected chi connectivity index (χ0v) is 17.6. The van der Waals surface area contributed by atoms with E-state index in [1.165, 1.54) is 4.90 Å². The van der Waals surface area contributed by atoms with E-state index in [1.54, 1.807) is 37.3 Å². The summed E-state index contributed by atoms with van der Waals surface area (Å²) in [7, 11) is -3.58. The lowest BCUT2D eigenvalue weighted by molar-refractivity contribution is -0.136. The molecule has 0 bridgehead atoms. The molecule has 8 heteroatoms. The average molecular weight is 426 g/mol. The third kappa shape index (κ3) is 3.52. The van der Waals surface area contributed by atoms with Gasteiger partial charge in [0.25, 0.3) is 5.91 Å². The van der Waals surface area contributed by atoms with Crippen LogP contribution in [-0.4, -0.2) is 37.1 Å². The zero-order chi connectivity index (χ0) is 21.6. The van der Waals surface area contributed by atoms with Crippen LogP contribution in [0, 0.1) is 13.8 Å². The Kier molecular flexibility index (Phi) is 4.97. The quantitative estimate of drug-likeness (QED) is 0.754. The number of nitrogens with zero attached hydrogens (tertiary/aromatic N) is 1. The highest BCUT2D eigenvalue weighted by Gasteiger charge is 2.39. The lowest BCUT2D eigenvalue weighted by Gasteiger charge is -2.29. The van der Waals surface area contributed by atoms with Gasteiger partial charge in [-0.2, -0.15) is 0 Å². The first-order chi connectivity index (χ1) is 14.2. The Balaban J connectivity index is 1.59. The molecule has 1 saturated heterocycles. The molecule has 30 heavy (non-hydrogen) atoms. The van der Waals surface area contributed by atoms with E-state index < -0.39 is 21.8 Å². The van der Waals surface area contributed by atoms with Crippen LogP contribution in [0.4, 0.5) is 0 Å². The Morgan fingerprint density at radius 2 is 1.87 bits per heavy atom. The number of carbonyl (C=O) groups is 3. The number of benzene rings is 2. The third-order valence-electron chi connectivity index (χ3n) is 5.84. The number of amides is 3. The monoisotopic (exact) mass is 426 g/mol. The third-order valence-corrected chi connectivity index (χ3v) is 7.67. The molecule has 3 amide bonds. The SMILES string of the molecule is Cc1cccc(S(=O)(=O)Cc2ccc3c(c2)C(=O)N(C2CCC(=O)NC2=O)C3)c1C. The fourth-order valence-corrected chi connectivity index (χ4v) is 5.74. The maximum Gasteiger partial charge on any atom is 0.255 e. The molecule has 1 unspecified atom stereocenters. The number of hydrogen-bond acceptors (Lipinski definition) is 5. The Labute approximate surface area is 175 Å². The van der Waals surface area contributed by atoms with Crippen molar-refractivity contribution in [2.75, 3.05) is 0 Å². The fraction of sp³-hybridized carbons (Fsp3) is 0.318. The van der Waals surface area contributed by atoms with Crippen LogP contribution in [0.25, 0.3) is 0 Å². The lowest BCUT2D eigenvalue weighted by Crippen LogP contribution is -2.52. The van der Waals surface area contributed by atoms with E-state index in [0.717, 1.165) is 16.7 Å². The molecule has 1 fully saturated rings. The second kappa shape index (κ2) is 7.36. The summed E-state index contributed by atoms with van der Waals surface area (Å²) in [6.07, 6.45) is 0.480. The number of imide groups is 1. The molecule has 1 N–H and O–H groups in total. The number of rotatable bonds is 4. The van der Waals surface area contributed by atoms with Crippen molar-refractivity contribution >= 4 is 27.6 Å². The van der Waals surface area contributed by atoms with E-state index in [0.29, 0.717) is 16.0 Å². The largest absolute Gasteiger partial charge is 0.322 e. The van der Waals surface area contributed by atoms with Gasteiger partial charge in [0.05, 0.1) is 10.6 Å². The molecule has 0 aromatic heterocycles. The van der Waals surface area contributed by atoms with Crippen LogP contribution in [0.3, 0.4) is 0 Å². The van der Waals surface area contributed by atoms with Gasteiger partial charge in [-0.25, -0.2) is 8.42 Å². The van der Waals surface area contributed by atoms with Gasteiger partial charge < -0.3 is 4.90 Å². The van der Waals surface area contributed by atoms with Crippen LogP contribution in [0.15, 0.2) is 41.3 Å². The summed E-state index contributed by atoms with van der Waals surface area (Å²) in [5, 5.41) is 2.27. The van der Waals surface area contributed by atoms with E-state index in [9.17, 15) is 22.8 Å². The van der Waals surface area contributed by atoms with E-state index in [1.807, 2.05) is 13.0 Å². The number of piperidine rings is 1. The molecule has 2 aliphatic heterocycles. The number of aryl methyl sites for hydroxylation is 1. The Hall–Kier alpha value is -3.00. The van der Waals surface area contributed by atoms with Crippen molar-refractivity contribution in [3.8, 4) is 0 Å². The van der Waals surface area contributed by atoms with E-state index in [-0.39, 0.29) is 37.0 Å². The minimum absolute atomic E-state index is 0.190. The molecule has 2 heterocycles. The van der Waals surface area contributed by atoms with Gasteiger partial charge in [0.2, 0.25) is 11.8 Å². The van der Waals surface area contributed by atoms with Gasteiger partial charge in [-0.15, -0.1) is 0 Å². The molecular weight excluding hydrogens is 404 g/mol. The van der Waals surface area contributed by atoms with Crippen molar-refractivity contribution in [2.24, 2.45) is 0 Å². The molecular formula is C22H22N2O5S. The molecule has 0 saturated carbocycles. The van der Waals surface area contributed by atoms with Gasteiger partial charge in [0.1, 0.15) is 6.04 Å². The molecule has 7 nitrogen and oxygen atoms in total. The molecule has 0 aliphatic carbocycles. The van der Waals surface area contributed by atoms with Crippen LogP contribution in [0.5, 0.6) is 0 Å². The summed E-state index contributed by atoms with van der Waals surface area (Å²) in [5.74, 6) is -1.33. The van der Waals surface area contributed by atoms with Crippen LogP contribution >= 0.6 is 0 Å². The second-order valence-corrected chi connectivity index (χ2v) is 9.81. The number of hydrogen-bond donors (Lipinski definition) is 1. The molecule has 2 aliphatic rings. The van der Waals surface area contributed by atoms with E-state index in [2.05, 4.69) is 5.32 Å². The maximum absolute atomic E-state index is 13.0. The van der Waals surface area contributed by atoms with Crippen molar-refractivity contribution in [2.45, 2.75) is 49.9 Å². The van der Waals surface area contributed by atoms with E-state index in [4.69, 9.17) is 0 Å². The lowest BCUT2D eigenvalue weighted by atomic mass is 10.0. The van der Waals surface area contributed by atoms with Crippen LogP contribution < -0.4 is 5.32 Å². The Morgan fingerprint density at radius 3 is 2.60 bits per heavy atom. The first kappa shape index (κ1) is 20.3. The summed E-state index contributed by atoms with van der Waals surface area (Å²) in [4.78, 5) is 38.2. The van der Waals surface area contributed by atoms with Crippen molar-refractivity contribution < 1.29 is 22.8 Å². The molecule has 1 atom stereocenters. The number of carbonyl (C=O) groups excluding carboxylic acids is 3. The van der Waals surface area contributed by atoms with Gasteiger partial charge in [-0.1, -0.05) is 24.3 Å². The van der Waals surface area contributed by atoms with Crippen molar-refractivity contribution in [1.82, 2.24) is 10.2 Å². The maximum atomic E-state index is 13.0. The normalized spacial score (nSPS) is 19.1. The van der Waals surface area contributed by atoms with Gasteiger partial charge in [-0.3, -0.25) is 19.7 Å². The highest BCUT2D eigenvalue weighted by Crippen LogP contribution is 2.30. The minimum Gasteiger partial charge on any atom is -0.322 e. The predicted octanol–water partition coefficient (Wildman–Crippen LogP) is 2.04. The summed E-state index contributed by atoms with van der Waals surface area (Å²) in [6.45, 7) is 3.92. The number of sulfone groups is 1. The van der Waals surface area contributed by atoms with Gasteiger partial charge in [0, 0.05) is 18.5 Å². The van der Waals surface area contributed by atoms with Crippen molar-refractivity contribution in [3.63, 3.8) is 0 Å². The molecule has 0 radical (unpaired) electrons. The zero-order valence-electron chi connectivity index (χ0n) is 16.8. The minimum atomic E-state index is -3.58. The Morgan fingerprint density at radius 1 is 1.10 bits per heavy atom. The standard InChI is InChI=1S/C22H22N2O5S/c1-13-4-3-5-19(14(13)2)30(28,29)12-15-6-7-16-11-24(22(27)17(16)10-15)18-8-9-20(25)23-21(18)26/h3-7,10,18H,8-9,11-12H2,1-2H3,(H,23,25,26). The first-order valence-electron chi connectivity index (χ1n) is 9.73. The van der Waals surface area contributed by atoms with Gasteiger partial charge >= 0.3 is 0 Å². The molecule has 2 aromatic carbocycles. The molecule has 2 aromatic rings. The van der Waals surface area contributed by atoms with Crippen molar-refractivity contribution in [3.05, 3.63) is 64.2 Å². The van der Waals surface area contributed by atoms with Gasteiger partial charge in [-0.05, 0) is 54.7 Å². The van der Waals surface area contributed by atoms with Crippen molar-refractivity contribution in [1.29, 1.82) is 0 Å². The highest BCUT2D eigenvalue weighted by atomic mass is 32.2. The van der Waals surface area contributed by atoms with Crippen LogP contribution in [-0.2, 0) is 31.7 Å². The molecule has 156 valence electrons. The smallest absolute Gasteiger partial charge is 0.255 e. The summed E-state index contributed by atoms with van der Waals surface area (Å²) < 4.78 is 25.9. The molecule has 4 rings (SSSR count). The first-order valence-corrected chi connectivity index (χ1v) is 11.4. The number of nitrogens with one attached hydrogen (secondary N) is 1. The predicted molar refractivity (Wildman–Crippen MR) is 109 cm³/mol.